The molecule has 0 aliphatic carbocycles. The lowest BCUT2D eigenvalue weighted by Gasteiger charge is -2.15. The van der Waals surface area contributed by atoms with Gasteiger partial charge in [-0.15, -0.1) is 11.6 Å². The fourth-order valence-corrected chi connectivity index (χ4v) is 1.59. The van der Waals surface area contributed by atoms with Crippen LogP contribution < -0.4 is 10.2 Å². The van der Waals surface area contributed by atoms with Crippen LogP contribution in [0.2, 0.25) is 0 Å². The number of nitriles is 1. The van der Waals surface area contributed by atoms with E-state index in [1.165, 1.54) is 18.3 Å². The van der Waals surface area contributed by atoms with Crippen molar-refractivity contribution in [2.45, 2.75) is 6.42 Å². The molecule has 1 rings (SSSR count). The predicted molar refractivity (Wildman–Crippen MR) is 78.6 cm³/mol. The highest BCUT2D eigenvalue weighted by molar-refractivity contribution is 6.17. The van der Waals surface area contributed by atoms with Crippen LogP contribution in [0.3, 0.4) is 0 Å². The second kappa shape index (κ2) is 8.08. The smallest absolute Gasteiger partial charge is 0.263 e. The van der Waals surface area contributed by atoms with Gasteiger partial charge in [-0.1, -0.05) is 0 Å². The number of alkyl halides is 1. The van der Waals surface area contributed by atoms with Crippen molar-refractivity contribution in [3.8, 4) is 11.8 Å². The minimum absolute atomic E-state index is 0.00940. The van der Waals surface area contributed by atoms with Gasteiger partial charge in [0.05, 0.1) is 0 Å². The monoisotopic (exact) mass is 293 g/mol. The number of benzene rings is 1. The van der Waals surface area contributed by atoms with Gasteiger partial charge in [-0.05, 0) is 30.7 Å². The largest absolute Gasteiger partial charge is 0.508 e. The van der Waals surface area contributed by atoms with Gasteiger partial charge >= 0.3 is 0 Å². The summed E-state index contributed by atoms with van der Waals surface area (Å²) in [4.78, 5) is 13.4. The zero-order valence-electron chi connectivity index (χ0n) is 11.1. The van der Waals surface area contributed by atoms with Crippen LogP contribution in [0.1, 0.15) is 6.42 Å². The number of halogens is 1. The fraction of sp³-hybridized carbons (Fsp3) is 0.286. The average Bonchev–Trinajstić information content (AvgIpc) is 2.45. The number of hydrogen-bond acceptors (Lipinski definition) is 4. The summed E-state index contributed by atoms with van der Waals surface area (Å²) in [7, 11) is 1.72. The SMILES string of the molecule is CN(/C=C(/C#N)C(=O)NCCCCl)c1ccc(O)cc1. The molecule has 0 fully saturated rings. The van der Waals surface area contributed by atoms with Crippen LogP contribution in [0, 0.1) is 11.3 Å². The first-order valence-corrected chi connectivity index (χ1v) is 6.60. The van der Waals surface area contributed by atoms with Crippen molar-refractivity contribution in [2.24, 2.45) is 0 Å². The summed E-state index contributed by atoms with van der Waals surface area (Å²) in [5.41, 5.74) is 0.763. The van der Waals surface area contributed by atoms with Crippen LogP contribution in [-0.4, -0.2) is 30.5 Å². The van der Waals surface area contributed by atoms with E-state index in [-0.39, 0.29) is 11.3 Å². The molecular weight excluding hydrogens is 278 g/mol. The number of nitrogens with one attached hydrogen (secondary N) is 1. The van der Waals surface area contributed by atoms with E-state index in [9.17, 15) is 9.90 Å². The van der Waals surface area contributed by atoms with Crippen LogP contribution in [-0.2, 0) is 4.79 Å². The Morgan fingerprint density at radius 3 is 2.70 bits per heavy atom. The van der Waals surface area contributed by atoms with Gasteiger partial charge in [0.1, 0.15) is 17.4 Å². The first-order valence-electron chi connectivity index (χ1n) is 6.06. The molecule has 0 atom stereocenters. The zero-order valence-corrected chi connectivity index (χ0v) is 11.9. The number of carbonyl (C=O) groups is 1. The normalized spacial score (nSPS) is 10.8. The molecule has 0 heterocycles. The Bertz CT molecular complexity index is 520. The summed E-state index contributed by atoms with van der Waals surface area (Å²) in [5, 5.41) is 20.9. The van der Waals surface area contributed by atoms with Crippen molar-refractivity contribution in [3.63, 3.8) is 0 Å². The van der Waals surface area contributed by atoms with Crippen molar-refractivity contribution < 1.29 is 9.90 Å². The Morgan fingerprint density at radius 2 is 2.15 bits per heavy atom. The minimum atomic E-state index is -0.428. The van der Waals surface area contributed by atoms with E-state index in [0.29, 0.717) is 18.8 Å². The molecule has 106 valence electrons. The number of rotatable bonds is 6. The molecular formula is C14H16ClN3O2. The molecule has 20 heavy (non-hydrogen) atoms. The van der Waals surface area contributed by atoms with E-state index >= 15 is 0 Å². The molecule has 6 heteroatoms. The summed E-state index contributed by atoms with van der Waals surface area (Å²) >= 11 is 5.52. The second-order valence-corrected chi connectivity index (χ2v) is 4.46. The Balaban J connectivity index is 2.75. The quantitative estimate of drug-likeness (QED) is 0.364. The number of nitrogens with zero attached hydrogens (tertiary/aromatic N) is 2. The van der Waals surface area contributed by atoms with Gasteiger partial charge in [0.15, 0.2) is 0 Å². The van der Waals surface area contributed by atoms with Crippen LogP contribution >= 0.6 is 11.6 Å². The Kier molecular flexibility index (Phi) is 6.41. The van der Waals surface area contributed by atoms with E-state index in [0.717, 1.165) is 5.69 Å². The third kappa shape index (κ3) is 4.82. The lowest BCUT2D eigenvalue weighted by atomic mass is 10.2. The fourth-order valence-electron chi connectivity index (χ4n) is 1.46. The van der Waals surface area contributed by atoms with Crippen molar-refractivity contribution in [3.05, 3.63) is 36.0 Å². The van der Waals surface area contributed by atoms with Gasteiger partial charge < -0.3 is 15.3 Å². The van der Waals surface area contributed by atoms with E-state index in [4.69, 9.17) is 16.9 Å². The molecule has 2 N–H and O–H groups in total. The number of carbonyl (C=O) groups excluding carboxylic acids is 1. The Hall–Kier alpha value is -2.19. The minimum Gasteiger partial charge on any atom is -0.508 e. The third-order valence-electron chi connectivity index (χ3n) is 2.54. The highest BCUT2D eigenvalue weighted by atomic mass is 35.5. The van der Waals surface area contributed by atoms with Crippen LogP contribution in [0.4, 0.5) is 5.69 Å². The van der Waals surface area contributed by atoms with Crippen molar-refractivity contribution in [1.29, 1.82) is 5.26 Å². The van der Waals surface area contributed by atoms with E-state index in [1.807, 2.05) is 6.07 Å². The zero-order chi connectivity index (χ0) is 15.0. The number of amides is 1. The number of anilines is 1. The summed E-state index contributed by atoms with van der Waals surface area (Å²) in [5.74, 6) is 0.188. The molecule has 0 saturated carbocycles. The number of phenolic OH excluding ortho intramolecular Hbond substituents is 1. The lowest BCUT2D eigenvalue weighted by Crippen LogP contribution is -2.27. The van der Waals surface area contributed by atoms with E-state index in [2.05, 4.69) is 5.32 Å². The van der Waals surface area contributed by atoms with Crippen LogP contribution in [0.5, 0.6) is 5.75 Å². The summed E-state index contributed by atoms with van der Waals surface area (Å²) in [6, 6.07) is 8.31. The van der Waals surface area contributed by atoms with Gasteiger partial charge in [0.25, 0.3) is 5.91 Å². The molecule has 5 nitrogen and oxygen atoms in total. The molecule has 1 amide bonds. The molecule has 0 unspecified atom stereocenters. The first-order chi connectivity index (χ1) is 9.58. The molecule has 1 aromatic rings. The first kappa shape index (κ1) is 15.9. The van der Waals surface area contributed by atoms with Gasteiger partial charge in [-0.2, -0.15) is 5.26 Å². The summed E-state index contributed by atoms with van der Waals surface area (Å²) in [6.07, 6.45) is 2.10. The Labute approximate surface area is 123 Å². The number of phenols is 1. The lowest BCUT2D eigenvalue weighted by molar-refractivity contribution is -0.117. The van der Waals surface area contributed by atoms with Crippen molar-refractivity contribution in [1.82, 2.24) is 5.32 Å². The Morgan fingerprint density at radius 1 is 1.50 bits per heavy atom. The maximum absolute atomic E-state index is 11.8. The molecule has 0 aliphatic heterocycles. The van der Waals surface area contributed by atoms with E-state index in [1.54, 1.807) is 24.1 Å². The van der Waals surface area contributed by atoms with Crippen LogP contribution in [0.15, 0.2) is 36.0 Å². The molecule has 0 aliphatic rings. The summed E-state index contributed by atoms with van der Waals surface area (Å²) < 4.78 is 0. The maximum atomic E-state index is 11.8. The highest BCUT2D eigenvalue weighted by Gasteiger charge is 2.09. The molecule has 0 bridgehead atoms. The standard InChI is InChI=1S/C14H16ClN3O2/c1-18(12-3-5-13(19)6-4-12)10-11(9-16)14(20)17-8-2-7-15/h3-6,10,19H,2,7-8H2,1H3,(H,17,20)/b11-10-. The molecule has 0 radical (unpaired) electrons. The maximum Gasteiger partial charge on any atom is 0.263 e. The summed E-state index contributed by atoms with van der Waals surface area (Å²) in [6.45, 7) is 0.435. The van der Waals surface area contributed by atoms with Crippen molar-refractivity contribution >= 4 is 23.2 Å². The molecule has 0 aromatic heterocycles. The molecule has 0 spiro atoms. The van der Waals surface area contributed by atoms with Gasteiger partial charge in [-0.25, -0.2) is 0 Å². The average molecular weight is 294 g/mol. The molecule has 0 saturated heterocycles. The van der Waals surface area contributed by atoms with Crippen LogP contribution in [0.25, 0.3) is 0 Å². The number of aromatic hydroxyl groups is 1. The topological polar surface area (TPSA) is 76.4 Å². The van der Waals surface area contributed by atoms with Gasteiger partial charge in [-0.3, -0.25) is 4.79 Å². The van der Waals surface area contributed by atoms with Gasteiger partial charge in [0, 0.05) is 31.4 Å². The highest BCUT2D eigenvalue weighted by Crippen LogP contribution is 2.17. The van der Waals surface area contributed by atoms with Gasteiger partial charge in [0.2, 0.25) is 0 Å². The second-order valence-electron chi connectivity index (χ2n) is 4.08. The molecule has 1 aromatic carbocycles. The van der Waals surface area contributed by atoms with E-state index < -0.39 is 5.91 Å². The third-order valence-corrected chi connectivity index (χ3v) is 2.81. The van der Waals surface area contributed by atoms with Crippen molar-refractivity contribution in [2.75, 3.05) is 24.4 Å². The number of hydrogen-bond donors (Lipinski definition) is 2. The predicted octanol–water partition coefficient (Wildman–Crippen LogP) is 1.98.